The molecule has 4 rings (SSSR count). The molecular formula is C23H23NO2. The molecule has 1 aliphatic carbocycles. The van der Waals surface area contributed by atoms with Crippen LogP contribution in [0.15, 0.2) is 48.5 Å². The van der Waals surface area contributed by atoms with Crippen molar-refractivity contribution in [2.45, 2.75) is 44.9 Å². The van der Waals surface area contributed by atoms with E-state index in [0.29, 0.717) is 0 Å². The summed E-state index contributed by atoms with van der Waals surface area (Å²) >= 11 is 0. The molecule has 0 atom stereocenters. The van der Waals surface area contributed by atoms with Crippen LogP contribution in [-0.2, 0) is 12.8 Å². The van der Waals surface area contributed by atoms with Crippen LogP contribution in [0.5, 0.6) is 0 Å². The number of nitrogens with zero attached hydrogens (tertiary/aromatic N) is 1. The number of rotatable bonds is 2. The van der Waals surface area contributed by atoms with Crippen molar-refractivity contribution in [3.8, 4) is 11.1 Å². The Balaban J connectivity index is 1.91. The lowest BCUT2D eigenvalue weighted by Crippen LogP contribution is -2.02. The number of aromatic carboxylic acids is 1. The average molecular weight is 345 g/mol. The summed E-state index contributed by atoms with van der Waals surface area (Å²) in [6.45, 7) is 0. The second-order valence-electron chi connectivity index (χ2n) is 7.09. The molecule has 0 aliphatic heterocycles. The van der Waals surface area contributed by atoms with Gasteiger partial charge in [-0.3, -0.25) is 0 Å². The summed E-state index contributed by atoms with van der Waals surface area (Å²) in [5, 5.41) is 10.3. The summed E-state index contributed by atoms with van der Waals surface area (Å²) in [6.07, 6.45) is 8.57. The lowest BCUT2D eigenvalue weighted by atomic mass is 9.90. The molecule has 1 aliphatic rings. The third kappa shape index (κ3) is 3.22. The van der Waals surface area contributed by atoms with Gasteiger partial charge in [0.15, 0.2) is 0 Å². The van der Waals surface area contributed by atoms with Gasteiger partial charge in [-0.05, 0) is 48.4 Å². The van der Waals surface area contributed by atoms with E-state index in [-0.39, 0.29) is 5.69 Å². The first kappa shape index (κ1) is 16.8. The van der Waals surface area contributed by atoms with Gasteiger partial charge in [-0.15, -0.1) is 0 Å². The highest BCUT2D eigenvalue weighted by molar-refractivity contribution is 5.97. The highest BCUT2D eigenvalue weighted by atomic mass is 16.4. The standard InChI is InChI=1S/C23H23NO2/c25-23(26)21-15-14-17-10-7-13-20(22(17)24-21)19-12-6-9-16-8-4-2-1-3-5-11-18(16)19/h6-7,9-10,12-15H,1-5,8,11H2,(H,25,26). The van der Waals surface area contributed by atoms with E-state index in [9.17, 15) is 9.90 Å². The Morgan fingerprint density at radius 1 is 0.808 bits per heavy atom. The van der Waals surface area contributed by atoms with E-state index in [1.807, 2.05) is 18.2 Å². The third-order valence-electron chi connectivity index (χ3n) is 5.38. The van der Waals surface area contributed by atoms with Crippen molar-refractivity contribution < 1.29 is 9.90 Å². The fourth-order valence-electron chi connectivity index (χ4n) is 4.05. The van der Waals surface area contributed by atoms with Gasteiger partial charge in [0.1, 0.15) is 5.69 Å². The van der Waals surface area contributed by atoms with E-state index < -0.39 is 5.97 Å². The Hall–Kier alpha value is -2.68. The van der Waals surface area contributed by atoms with Crippen molar-refractivity contribution in [2.75, 3.05) is 0 Å². The van der Waals surface area contributed by atoms with Gasteiger partial charge in [0.2, 0.25) is 0 Å². The number of fused-ring (bicyclic) bond motifs is 2. The van der Waals surface area contributed by atoms with Crippen molar-refractivity contribution in [1.29, 1.82) is 0 Å². The molecule has 2 aromatic carbocycles. The van der Waals surface area contributed by atoms with E-state index in [1.165, 1.54) is 48.8 Å². The van der Waals surface area contributed by atoms with Gasteiger partial charge in [-0.25, -0.2) is 9.78 Å². The molecule has 3 nitrogen and oxygen atoms in total. The molecule has 0 radical (unpaired) electrons. The van der Waals surface area contributed by atoms with Crippen LogP contribution in [0, 0.1) is 0 Å². The first-order valence-corrected chi connectivity index (χ1v) is 9.48. The highest BCUT2D eigenvalue weighted by Gasteiger charge is 2.15. The van der Waals surface area contributed by atoms with Gasteiger partial charge in [0.25, 0.3) is 0 Å². The molecule has 0 saturated carbocycles. The number of carbonyl (C=O) groups is 1. The van der Waals surface area contributed by atoms with Crippen molar-refractivity contribution in [3.63, 3.8) is 0 Å². The first-order valence-electron chi connectivity index (χ1n) is 9.48. The molecule has 0 unspecified atom stereocenters. The number of pyridine rings is 1. The van der Waals surface area contributed by atoms with Crippen LogP contribution in [0.3, 0.4) is 0 Å². The smallest absolute Gasteiger partial charge is 0.354 e. The van der Waals surface area contributed by atoms with Crippen LogP contribution in [0.4, 0.5) is 0 Å². The number of hydrogen-bond acceptors (Lipinski definition) is 2. The topological polar surface area (TPSA) is 50.2 Å². The quantitative estimate of drug-likeness (QED) is 0.653. The summed E-state index contributed by atoms with van der Waals surface area (Å²) in [5.41, 5.74) is 5.99. The lowest BCUT2D eigenvalue weighted by molar-refractivity contribution is 0.0691. The minimum absolute atomic E-state index is 0.0978. The molecule has 1 N–H and O–H groups in total. The maximum atomic E-state index is 11.4. The van der Waals surface area contributed by atoms with Gasteiger partial charge < -0.3 is 5.11 Å². The van der Waals surface area contributed by atoms with Crippen LogP contribution in [-0.4, -0.2) is 16.1 Å². The van der Waals surface area contributed by atoms with E-state index in [0.717, 1.165) is 29.3 Å². The first-order chi connectivity index (χ1) is 12.7. The molecule has 0 fully saturated rings. The van der Waals surface area contributed by atoms with Gasteiger partial charge in [-0.1, -0.05) is 61.7 Å². The van der Waals surface area contributed by atoms with Gasteiger partial charge in [0.05, 0.1) is 5.52 Å². The van der Waals surface area contributed by atoms with Crippen LogP contribution < -0.4 is 0 Å². The van der Waals surface area contributed by atoms with Crippen LogP contribution in [0.1, 0.15) is 53.7 Å². The van der Waals surface area contributed by atoms with Crippen molar-refractivity contribution in [2.24, 2.45) is 0 Å². The van der Waals surface area contributed by atoms with E-state index in [4.69, 9.17) is 0 Å². The number of hydrogen-bond donors (Lipinski definition) is 1. The van der Waals surface area contributed by atoms with Crippen molar-refractivity contribution >= 4 is 16.9 Å². The molecule has 0 saturated heterocycles. The predicted octanol–water partition coefficient (Wildman–Crippen LogP) is 5.65. The summed E-state index contributed by atoms with van der Waals surface area (Å²) in [7, 11) is 0. The molecule has 1 heterocycles. The van der Waals surface area contributed by atoms with Gasteiger partial charge in [0, 0.05) is 10.9 Å². The second-order valence-corrected chi connectivity index (χ2v) is 7.09. The number of aryl methyl sites for hydroxylation is 1. The summed E-state index contributed by atoms with van der Waals surface area (Å²) < 4.78 is 0. The number of carboxylic acids is 1. The zero-order valence-corrected chi connectivity index (χ0v) is 14.9. The number of benzene rings is 2. The maximum Gasteiger partial charge on any atom is 0.354 e. The zero-order chi connectivity index (χ0) is 17.9. The Morgan fingerprint density at radius 3 is 2.38 bits per heavy atom. The minimum Gasteiger partial charge on any atom is -0.477 e. The molecule has 3 heteroatoms. The molecule has 26 heavy (non-hydrogen) atoms. The SMILES string of the molecule is O=C(O)c1ccc2cccc(-c3cccc4c3CCCCCCC4)c2n1. The summed E-state index contributed by atoms with van der Waals surface area (Å²) in [6, 6.07) is 16.1. The summed E-state index contributed by atoms with van der Waals surface area (Å²) in [4.78, 5) is 15.8. The Morgan fingerprint density at radius 2 is 1.54 bits per heavy atom. The molecular weight excluding hydrogens is 322 g/mol. The Bertz CT molecular complexity index is 962. The maximum absolute atomic E-state index is 11.4. The lowest BCUT2D eigenvalue weighted by Gasteiger charge is -2.16. The minimum atomic E-state index is -0.985. The van der Waals surface area contributed by atoms with Crippen LogP contribution in [0.25, 0.3) is 22.0 Å². The Kier molecular flexibility index (Phi) is 4.70. The molecule has 1 aromatic heterocycles. The van der Waals surface area contributed by atoms with Gasteiger partial charge >= 0.3 is 5.97 Å². The molecule has 0 spiro atoms. The molecule has 3 aromatic rings. The third-order valence-corrected chi connectivity index (χ3v) is 5.38. The summed E-state index contributed by atoms with van der Waals surface area (Å²) in [5.74, 6) is -0.985. The fraction of sp³-hybridized carbons (Fsp3) is 0.304. The van der Waals surface area contributed by atoms with Crippen molar-refractivity contribution in [1.82, 2.24) is 4.98 Å². The fourth-order valence-corrected chi connectivity index (χ4v) is 4.05. The number of aromatic nitrogens is 1. The largest absolute Gasteiger partial charge is 0.477 e. The average Bonchev–Trinajstić information content (AvgIpc) is 2.78. The molecule has 0 bridgehead atoms. The predicted molar refractivity (Wildman–Crippen MR) is 105 cm³/mol. The highest BCUT2D eigenvalue weighted by Crippen LogP contribution is 2.34. The molecule has 132 valence electrons. The van der Waals surface area contributed by atoms with E-state index in [2.05, 4.69) is 29.2 Å². The number of para-hydroxylation sites is 1. The molecule has 0 amide bonds. The zero-order valence-electron chi connectivity index (χ0n) is 14.9. The van der Waals surface area contributed by atoms with Crippen LogP contribution in [0.2, 0.25) is 0 Å². The van der Waals surface area contributed by atoms with Crippen molar-refractivity contribution in [3.05, 3.63) is 65.4 Å². The second kappa shape index (κ2) is 7.28. The monoisotopic (exact) mass is 345 g/mol. The Labute approximate surface area is 153 Å². The normalized spacial score (nSPS) is 14.9. The van der Waals surface area contributed by atoms with Gasteiger partial charge in [-0.2, -0.15) is 0 Å². The van der Waals surface area contributed by atoms with E-state index >= 15 is 0 Å². The van der Waals surface area contributed by atoms with E-state index in [1.54, 1.807) is 6.07 Å². The van der Waals surface area contributed by atoms with Crippen LogP contribution >= 0.6 is 0 Å². The number of carboxylic acid groups (broad SMARTS) is 1.